The van der Waals surface area contributed by atoms with Crippen molar-refractivity contribution in [1.82, 2.24) is 0 Å². The molecule has 0 spiro atoms. The third kappa shape index (κ3) is 3.67. The summed E-state index contributed by atoms with van der Waals surface area (Å²) in [5.74, 6) is 1.52. The summed E-state index contributed by atoms with van der Waals surface area (Å²) < 4.78 is 5.71. The fraction of sp³-hybridized carbons (Fsp3) is 0.333. The Labute approximate surface area is 169 Å². The number of rotatable bonds is 3. The third-order valence-corrected chi connectivity index (χ3v) is 6.05. The first-order chi connectivity index (χ1) is 13.4. The van der Waals surface area contributed by atoms with E-state index in [0.717, 1.165) is 41.4 Å². The van der Waals surface area contributed by atoms with E-state index in [4.69, 9.17) is 10.5 Å². The smallest absolute Gasteiger partial charge is 0.255 e. The fourth-order valence-corrected chi connectivity index (χ4v) is 4.50. The van der Waals surface area contributed by atoms with Crippen molar-refractivity contribution in [2.45, 2.75) is 18.9 Å². The van der Waals surface area contributed by atoms with Gasteiger partial charge in [0, 0.05) is 24.1 Å². The average Bonchev–Trinajstić information content (AvgIpc) is 2.68. The normalized spacial score (nSPS) is 21.4. The van der Waals surface area contributed by atoms with Crippen molar-refractivity contribution in [3.8, 4) is 5.75 Å². The van der Waals surface area contributed by atoms with Gasteiger partial charge in [0.2, 0.25) is 0 Å². The predicted octanol–water partition coefficient (Wildman–Crippen LogP) is 3.43. The molecule has 7 heteroatoms. The molecule has 2 aromatic rings. The zero-order chi connectivity index (χ0) is 19.7. The molecule has 6 nitrogen and oxygen atoms in total. The van der Waals surface area contributed by atoms with Crippen LogP contribution in [-0.2, 0) is 5.54 Å². The van der Waals surface area contributed by atoms with Crippen molar-refractivity contribution in [3.05, 3.63) is 53.6 Å². The van der Waals surface area contributed by atoms with E-state index >= 15 is 0 Å². The molecular weight excluding hydrogens is 372 g/mol. The summed E-state index contributed by atoms with van der Waals surface area (Å²) in [4.78, 5) is 19.5. The maximum Gasteiger partial charge on any atom is 0.255 e. The lowest BCUT2D eigenvalue weighted by Gasteiger charge is -2.30. The van der Waals surface area contributed by atoms with E-state index in [1.807, 2.05) is 43.4 Å². The Kier molecular flexibility index (Phi) is 4.93. The maximum atomic E-state index is 12.8. The second-order valence-electron chi connectivity index (χ2n) is 7.31. The van der Waals surface area contributed by atoms with E-state index in [1.54, 1.807) is 17.8 Å². The van der Waals surface area contributed by atoms with Crippen molar-refractivity contribution < 1.29 is 9.53 Å². The fourth-order valence-electron chi connectivity index (χ4n) is 3.53. The Hall–Kier alpha value is -2.67. The van der Waals surface area contributed by atoms with Gasteiger partial charge >= 0.3 is 0 Å². The average molecular weight is 397 g/mol. The number of nitrogens with two attached hydrogens (primary N) is 1. The number of hydrogen-bond donors (Lipinski definition) is 2. The lowest BCUT2D eigenvalue weighted by molar-refractivity contribution is 0.102. The van der Waals surface area contributed by atoms with Crippen LogP contribution in [0.15, 0.2) is 47.5 Å². The molecule has 2 aromatic carbocycles. The highest BCUT2D eigenvalue weighted by atomic mass is 32.2. The molecule has 0 bridgehead atoms. The number of hydrogen-bond acceptors (Lipinski definition) is 6. The Morgan fingerprint density at radius 1 is 1.32 bits per heavy atom. The first kappa shape index (κ1) is 18.7. The van der Waals surface area contributed by atoms with Crippen LogP contribution in [0.2, 0.25) is 0 Å². The molecule has 2 aliphatic heterocycles. The van der Waals surface area contributed by atoms with E-state index in [2.05, 4.69) is 22.1 Å². The quantitative estimate of drug-likeness (QED) is 0.831. The van der Waals surface area contributed by atoms with E-state index in [9.17, 15) is 4.79 Å². The number of benzene rings is 2. The standard InChI is InChI=1S/C21H24N4O2S/c1-21(8-11-28-20(22)24-21)15-4-3-5-16(13-15)23-19(26)14-6-7-17-18(12-14)27-10-9-25(17)2/h3-7,12-13H,8-11H2,1-2H3,(H2,22,24)(H,23,26). The van der Waals surface area contributed by atoms with Gasteiger partial charge in [0.05, 0.1) is 17.8 Å². The van der Waals surface area contributed by atoms with Crippen molar-refractivity contribution in [2.24, 2.45) is 10.7 Å². The number of carbonyl (C=O) groups excluding carboxylic acids is 1. The lowest BCUT2D eigenvalue weighted by atomic mass is 9.89. The second-order valence-corrected chi connectivity index (χ2v) is 8.43. The zero-order valence-electron chi connectivity index (χ0n) is 16.1. The molecule has 1 amide bonds. The molecular formula is C21H24N4O2S. The van der Waals surface area contributed by atoms with Crippen LogP contribution in [0.25, 0.3) is 0 Å². The van der Waals surface area contributed by atoms with E-state index in [1.165, 1.54) is 0 Å². The molecule has 0 radical (unpaired) electrons. The number of fused-ring (bicyclic) bond motifs is 1. The minimum absolute atomic E-state index is 0.163. The molecule has 0 aliphatic carbocycles. The molecule has 2 aliphatic rings. The Bertz CT molecular complexity index is 946. The molecule has 2 heterocycles. The molecule has 0 saturated carbocycles. The molecule has 28 heavy (non-hydrogen) atoms. The minimum Gasteiger partial charge on any atom is -0.490 e. The van der Waals surface area contributed by atoms with Crippen LogP contribution in [0.4, 0.5) is 11.4 Å². The Morgan fingerprint density at radius 2 is 2.18 bits per heavy atom. The summed E-state index contributed by atoms with van der Waals surface area (Å²) in [5.41, 5.74) is 8.94. The Balaban J connectivity index is 1.55. The number of amides is 1. The van der Waals surface area contributed by atoms with Crippen LogP contribution < -0.4 is 20.7 Å². The topological polar surface area (TPSA) is 80.0 Å². The van der Waals surface area contributed by atoms with Gasteiger partial charge in [0.1, 0.15) is 12.4 Å². The monoisotopic (exact) mass is 396 g/mol. The summed E-state index contributed by atoms with van der Waals surface area (Å²) in [7, 11) is 2.02. The SMILES string of the molecule is CN1CCOc2cc(C(=O)Nc3cccc(C4(C)CCSC(N)=N4)c3)ccc21. The number of nitrogens with zero attached hydrogens (tertiary/aromatic N) is 2. The minimum atomic E-state index is -0.361. The number of ether oxygens (including phenoxy) is 1. The first-order valence-corrected chi connectivity index (χ1v) is 10.3. The Morgan fingerprint density at radius 3 is 3.00 bits per heavy atom. The number of amidine groups is 1. The number of nitrogens with one attached hydrogen (secondary N) is 1. The summed E-state index contributed by atoms with van der Waals surface area (Å²) in [6.45, 7) is 3.55. The number of thioether (sulfide) groups is 1. The molecule has 4 rings (SSSR count). The van der Waals surface area contributed by atoms with Gasteiger partial charge in [0.25, 0.3) is 5.91 Å². The van der Waals surface area contributed by atoms with Crippen LogP contribution in [0.1, 0.15) is 29.3 Å². The highest BCUT2D eigenvalue weighted by Crippen LogP contribution is 2.36. The second kappa shape index (κ2) is 7.39. The lowest BCUT2D eigenvalue weighted by Crippen LogP contribution is -2.29. The van der Waals surface area contributed by atoms with Crippen molar-refractivity contribution >= 4 is 34.2 Å². The van der Waals surface area contributed by atoms with Gasteiger partial charge < -0.3 is 20.7 Å². The predicted molar refractivity (Wildman–Crippen MR) is 116 cm³/mol. The molecule has 0 fully saturated rings. The van der Waals surface area contributed by atoms with Crippen molar-refractivity contribution in [3.63, 3.8) is 0 Å². The van der Waals surface area contributed by atoms with Crippen molar-refractivity contribution in [2.75, 3.05) is 36.2 Å². The van der Waals surface area contributed by atoms with Gasteiger partial charge in [-0.1, -0.05) is 23.9 Å². The van der Waals surface area contributed by atoms with E-state index < -0.39 is 0 Å². The summed E-state index contributed by atoms with van der Waals surface area (Å²) in [6, 6.07) is 13.4. The molecule has 1 unspecified atom stereocenters. The third-order valence-electron chi connectivity index (χ3n) is 5.26. The van der Waals surface area contributed by atoms with Gasteiger partial charge in [-0.3, -0.25) is 9.79 Å². The van der Waals surface area contributed by atoms with Gasteiger partial charge in [-0.2, -0.15) is 0 Å². The number of likely N-dealkylation sites (N-methyl/N-ethyl adjacent to an activating group) is 1. The van der Waals surface area contributed by atoms with Gasteiger partial charge in [-0.05, 0) is 49.2 Å². The summed E-state index contributed by atoms with van der Waals surface area (Å²) >= 11 is 1.58. The van der Waals surface area contributed by atoms with Crippen LogP contribution in [0.3, 0.4) is 0 Å². The van der Waals surface area contributed by atoms with Crippen molar-refractivity contribution in [1.29, 1.82) is 0 Å². The van der Waals surface area contributed by atoms with Gasteiger partial charge in [-0.25, -0.2) is 0 Å². The van der Waals surface area contributed by atoms with Crippen LogP contribution in [-0.4, -0.2) is 37.0 Å². The maximum absolute atomic E-state index is 12.8. The molecule has 0 aromatic heterocycles. The summed E-state index contributed by atoms with van der Waals surface area (Å²) in [6.07, 6.45) is 0.908. The van der Waals surface area contributed by atoms with Gasteiger partial charge in [0.15, 0.2) is 5.17 Å². The van der Waals surface area contributed by atoms with Gasteiger partial charge in [-0.15, -0.1) is 0 Å². The highest BCUT2D eigenvalue weighted by molar-refractivity contribution is 8.13. The molecule has 1 atom stereocenters. The van der Waals surface area contributed by atoms with E-state index in [-0.39, 0.29) is 11.4 Å². The number of anilines is 2. The molecule has 3 N–H and O–H groups in total. The largest absolute Gasteiger partial charge is 0.490 e. The van der Waals surface area contributed by atoms with E-state index in [0.29, 0.717) is 17.3 Å². The number of aliphatic imine (C=N–C) groups is 1. The molecule has 146 valence electrons. The van der Waals surface area contributed by atoms with Crippen LogP contribution in [0.5, 0.6) is 5.75 Å². The zero-order valence-corrected chi connectivity index (χ0v) is 16.9. The number of carbonyl (C=O) groups is 1. The molecule has 0 saturated heterocycles. The van der Waals surface area contributed by atoms with Crippen LogP contribution >= 0.6 is 11.8 Å². The first-order valence-electron chi connectivity index (χ1n) is 9.33. The van der Waals surface area contributed by atoms with Crippen LogP contribution in [0, 0.1) is 0 Å². The highest BCUT2D eigenvalue weighted by Gasteiger charge is 2.29. The summed E-state index contributed by atoms with van der Waals surface area (Å²) in [5, 5.41) is 3.60.